The number of rotatable bonds is 7. The van der Waals surface area contributed by atoms with Gasteiger partial charge in [0, 0.05) is 33.4 Å². The Morgan fingerprint density at radius 1 is 1.30 bits per heavy atom. The Hall–Kier alpha value is -1.20. The van der Waals surface area contributed by atoms with Gasteiger partial charge in [0.1, 0.15) is 5.82 Å². The Kier molecular flexibility index (Phi) is 6.21. The van der Waals surface area contributed by atoms with Crippen molar-refractivity contribution in [3.8, 4) is 0 Å². The first-order valence-electron chi connectivity index (χ1n) is 7.60. The van der Waals surface area contributed by atoms with Crippen molar-refractivity contribution in [2.75, 3.05) is 38.3 Å². The minimum atomic E-state index is 0.710. The average molecular weight is 278 g/mol. The maximum atomic E-state index is 5.40. The van der Waals surface area contributed by atoms with Gasteiger partial charge in [-0.15, -0.1) is 0 Å². The zero-order valence-corrected chi connectivity index (χ0v) is 12.6. The van der Waals surface area contributed by atoms with E-state index in [1.165, 1.54) is 0 Å². The predicted octanol–water partition coefficient (Wildman–Crippen LogP) is 1.84. The quantitative estimate of drug-likeness (QED) is 0.771. The SMILES string of the molecule is CCCNCc1cnc(N(C)CC2CCOCC2)cn1. The molecule has 0 amide bonds. The maximum absolute atomic E-state index is 5.40. The molecule has 1 N–H and O–H groups in total. The molecular formula is C15H26N4O. The standard InChI is InChI=1S/C15H26N4O/c1-3-6-16-9-14-10-18-15(11-17-14)19(2)12-13-4-7-20-8-5-13/h10-11,13,16H,3-9,12H2,1-2H3. The van der Waals surface area contributed by atoms with E-state index in [0.717, 1.165) is 63.6 Å². The molecule has 1 aromatic rings. The molecule has 1 saturated heterocycles. The molecule has 1 fully saturated rings. The van der Waals surface area contributed by atoms with E-state index in [1.807, 2.05) is 12.4 Å². The molecule has 1 aliphatic rings. The van der Waals surface area contributed by atoms with Crippen LogP contribution in [-0.4, -0.2) is 43.3 Å². The van der Waals surface area contributed by atoms with Crippen LogP contribution in [0, 0.1) is 5.92 Å². The summed E-state index contributed by atoms with van der Waals surface area (Å²) in [6, 6.07) is 0. The normalized spacial score (nSPS) is 16.3. The summed E-state index contributed by atoms with van der Waals surface area (Å²) >= 11 is 0. The lowest BCUT2D eigenvalue weighted by Gasteiger charge is -2.27. The second-order valence-corrected chi connectivity index (χ2v) is 5.48. The van der Waals surface area contributed by atoms with Gasteiger partial charge in [-0.25, -0.2) is 4.98 Å². The molecule has 112 valence electrons. The maximum Gasteiger partial charge on any atom is 0.146 e. The van der Waals surface area contributed by atoms with Gasteiger partial charge in [-0.2, -0.15) is 0 Å². The van der Waals surface area contributed by atoms with Gasteiger partial charge in [0.2, 0.25) is 0 Å². The summed E-state index contributed by atoms with van der Waals surface area (Å²) in [5.41, 5.74) is 1.00. The van der Waals surface area contributed by atoms with Crippen LogP contribution in [0.15, 0.2) is 12.4 Å². The van der Waals surface area contributed by atoms with Crippen molar-refractivity contribution in [1.82, 2.24) is 15.3 Å². The Labute approximate surface area is 121 Å². The first-order chi connectivity index (χ1) is 9.79. The average Bonchev–Trinajstić information content (AvgIpc) is 2.49. The van der Waals surface area contributed by atoms with Crippen molar-refractivity contribution in [2.24, 2.45) is 5.92 Å². The summed E-state index contributed by atoms with van der Waals surface area (Å²) in [4.78, 5) is 11.2. The smallest absolute Gasteiger partial charge is 0.146 e. The monoisotopic (exact) mass is 278 g/mol. The molecule has 0 aliphatic carbocycles. The van der Waals surface area contributed by atoms with Crippen LogP contribution < -0.4 is 10.2 Å². The molecule has 2 heterocycles. The number of hydrogen-bond acceptors (Lipinski definition) is 5. The molecule has 0 radical (unpaired) electrons. The highest BCUT2D eigenvalue weighted by Gasteiger charge is 2.16. The minimum absolute atomic E-state index is 0.710. The molecule has 0 bridgehead atoms. The minimum Gasteiger partial charge on any atom is -0.381 e. The van der Waals surface area contributed by atoms with E-state index in [4.69, 9.17) is 4.74 Å². The molecule has 2 rings (SSSR count). The van der Waals surface area contributed by atoms with Gasteiger partial charge in [-0.3, -0.25) is 4.98 Å². The lowest BCUT2D eigenvalue weighted by Crippen LogP contribution is -2.30. The van der Waals surface area contributed by atoms with E-state index in [-0.39, 0.29) is 0 Å². The highest BCUT2D eigenvalue weighted by atomic mass is 16.5. The summed E-state index contributed by atoms with van der Waals surface area (Å²) in [6.07, 6.45) is 7.19. The van der Waals surface area contributed by atoms with Gasteiger partial charge in [0.25, 0.3) is 0 Å². The fraction of sp³-hybridized carbons (Fsp3) is 0.733. The second-order valence-electron chi connectivity index (χ2n) is 5.48. The van der Waals surface area contributed by atoms with E-state index in [2.05, 4.69) is 34.2 Å². The third-order valence-electron chi connectivity index (χ3n) is 3.69. The molecule has 5 heteroatoms. The highest BCUT2D eigenvalue weighted by molar-refractivity contribution is 5.34. The summed E-state index contributed by atoms with van der Waals surface area (Å²) in [5, 5.41) is 3.34. The van der Waals surface area contributed by atoms with Crippen molar-refractivity contribution < 1.29 is 4.74 Å². The number of anilines is 1. The number of ether oxygens (including phenoxy) is 1. The number of nitrogens with zero attached hydrogens (tertiary/aromatic N) is 3. The topological polar surface area (TPSA) is 50.3 Å². The van der Waals surface area contributed by atoms with E-state index < -0.39 is 0 Å². The molecule has 5 nitrogen and oxygen atoms in total. The Bertz CT molecular complexity index is 376. The first-order valence-corrected chi connectivity index (χ1v) is 7.60. The summed E-state index contributed by atoms with van der Waals surface area (Å²) in [5.74, 6) is 1.66. The van der Waals surface area contributed by atoms with Crippen molar-refractivity contribution in [1.29, 1.82) is 0 Å². The zero-order valence-electron chi connectivity index (χ0n) is 12.6. The lowest BCUT2D eigenvalue weighted by atomic mass is 10.00. The van der Waals surface area contributed by atoms with Crippen LogP contribution >= 0.6 is 0 Å². The zero-order chi connectivity index (χ0) is 14.2. The molecule has 0 aromatic carbocycles. The first kappa shape index (κ1) is 15.2. The predicted molar refractivity (Wildman–Crippen MR) is 80.8 cm³/mol. The fourth-order valence-electron chi connectivity index (χ4n) is 2.44. The lowest BCUT2D eigenvalue weighted by molar-refractivity contribution is 0.0685. The van der Waals surface area contributed by atoms with Gasteiger partial charge in [0.05, 0.1) is 18.1 Å². The largest absolute Gasteiger partial charge is 0.381 e. The Morgan fingerprint density at radius 2 is 2.10 bits per heavy atom. The molecular weight excluding hydrogens is 252 g/mol. The highest BCUT2D eigenvalue weighted by Crippen LogP contribution is 2.18. The fourth-order valence-corrected chi connectivity index (χ4v) is 2.44. The second kappa shape index (κ2) is 8.17. The van der Waals surface area contributed by atoms with E-state index in [0.29, 0.717) is 5.92 Å². The van der Waals surface area contributed by atoms with Gasteiger partial charge < -0.3 is 15.0 Å². The third kappa shape index (κ3) is 4.72. The number of aromatic nitrogens is 2. The Balaban J connectivity index is 1.81. The van der Waals surface area contributed by atoms with Gasteiger partial charge in [0.15, 0.2) is 0 Å². The van der Waals surface area contributed by atoms with Crippen LogP contribution in [0.5, 0.6) is 0 Å². The molecule has 20 heavy (non-hydrogen) atoms. The molecule has 1 aliphatic heterocycles. The van der Waals surface area contributed by atoms with Crippen LogP contribution in [0.3, 0.4) is 0 Å². The van der Waals surface area contributed by atoms with E-state index in [9.17, 15) is 0 Å². The van der Waals surface area contributed by atoms with E-state index in [1.54, 1.807) is 0 Å². The summed E-state index contributed by atoms with van der Waals surface area (Å²) < 4.78 is 5.40. The van der Waals surface area contributed by atoms with Crippen molar-refractivity contribution in [3.05, 3.63) is 18.1 Å². The van der Waals surface area contributed by atoms with Gasteiger partial charge >= 0.3 is 0 Å². The molecule has 0 spiro atoms. The molecule has 1 aromatic heterocycles. The van der Waals surface area contributed by atoms with Crippen LogP contribution in [0.25, 0.3) is 0 Å². The summed E-state index contributed by atoms with van der Waals surface area (Å²) in [7, 11) is 2.09. The van der Waals surface area contributed by atoms with Crippen molar-refractivity contribution in [3.63, 3.8) is 0 Å². The summed E-state index contributed by atoms with van der Waals surface area (Å²) in [6.45, 7) is 6.80. The Morgan fingerprint density at radius 3 is 2.75 bits per heavy atom. The molecule has 0 atom stereocenters. The van der Waals surface area contributed by atoms with Gasteiger partial charge in [-0.1, -0.05) is 6.92 Å². The number of nitrogens with one attached hydrogen (secondary N) is 1. The third-order valence-corrected chi connectivity index (χ3v) is 3.69. The molecule has 0 unspecified atom stereocenters. The van der Waals surface area contributed by atoms with Crippen molar-refractivity contribution >= 4 is 5.82 Å². The van der Waals surface area contributed by atoms with Crippen molar-refractivity contribution in [2.45, 2.75) is 32.7 Å². The molecule has 0 saturated carbocycles. The van der Waals surface area contributed by atoms with Crippen LogP contribution in [0.2, 0.25) is 0 Å². The van der Waals surface area contributed by atoms with Crippen LogP contribution in [0.4, 0.5) is 5.82 Å². The van der Waals surface area contributed by atoms with Crippen LogP contribution in [0.1, 0.15) is 31.9 Å². The number of hydrogen-bond donors (Lipinski definition) is 1. The van der Waals surface area contributed by atoms with Gasteiger partial charge in [-0.05, 0) is 31.7 Å². The van der Waals surface area contributed by atoms with E-state index >= 15 is 0 Å². The van der Waals surface area contributed by atoms with Crippen LogP contribution in [-0.2, 0) is 11.3 Å².